The lowest BCUT2D eigenvalue weighted by molar-refractivity contribution is -0.137. The van der Waals surface area contributed by atoms with Gasteiger partial charge in [0, 0.05) is 31.7 Å². The van der Waals surface area contributed by atoms with Gasteiger partial charge >= 0.3 is 0 Å². The smallest absolute Gasteiger partial charge is 0.253 e. The zero-order valence-corrected chi connectivity index (χ0v) is 18.5. The van der Waals surface area contributed by atoms with E-state index in [9.17, 15) is 33.6 Å². The van der Waals surface area contributed by atoms with Gasteiger partial charge in [-0.05, 0) is 19.8 Å². The molecule has 0 spiro atoms. The molecule has 0 aliphatic carbocycles. The summed E-state index contributed by atoms with van der Waals surface area (Å²) in [5.74, 6) is -3.09. The molecule has 0 aromatic heterocycles. The SMILES string of the molecule is CCNC(=O)CNC(=O)CNC(=O)CNC(=O)CNC(=O)CCCCCN1C(=O)C=CC1=O. The molecule has 1 aliphatic rings. The van der Waals surface area contributed by atoms with Crippen molar-refractivity contribution in [2.45, 2.75) is 32.6 Å². The lowest BCUT2D eigenvalue weighted by Crippen LogP contribution is -2.45. The minimum atomic E-state index is -0.604. The Morgan fingerprint density at radius 3 is 1.52 bits per heavy atom. The van der Waals surface area contributed by atoms with Gasteiger partial charge in [0.1, 0.15) is 0 Å². The Morgan fingerprint density at radius 2 is 1.06 bits per heavy atom. The average molecular weight is 466 g/mol. The van der Waals surface area contributed by atoms with Crippen LogP contribution >= 0.6 is 0 Å². The van der Waals surface area contributed by atoms with Gasteiger partial charge in [0.25, 0.3) is 11.8 Å². The molecular formula is C20H30N6O7. The van der Waals surface area contributed by atoms with Crippen molar-refractivity contribution in [3.8, 4) is 0 Å². The van der Waals surface area contributed by atoms with Crippen molar-refractivity contribution in [2.75, 3.05) is 39.3 Å². The van der Waals surface area contributed by atoms with E-state index in [-0.39, 0.29) is 56.2 Å². The minimum Gasteiger partial charge on any atom is -0.355 e. The number of carbonyl (C=O) groups is 7. The first kappa shape index (κ1) is 27.3. The maximum atomic E-state index is 11.8. The molecule has 0 radical (unpaired) electrons. The first-order valence-electron chi connectivity index (χ1n) is 10.6. The number of nitrogens with one attached hydrogen (secondary N) is 5. The van der Waals surface area contributed by atoms with Gasteiger partial charge in [-0.15, -0.1) is 0 Å². The summed E-state index contributed by atoms with van der Waals surface area (Å²) < 4.78 is 0. The summed E-state index contributed by atoms with van der Waals surface area (Å²) in [7, 11) is 0. The Hall–Kier alpha value is -3.77. The summed E-state index contributed by atoms with van der Waals surface area (Å²) in [4.78, 5) is 81.8. The summed E-state index contributed by atoms with van der Waals surface area (Å²) in [5.41, 5.74) is 0. The maximum Gasteiger partial charge on any atom is 0.253 e. The molecule has 0 saturated carbocycles. The van der Waals surface area contributed by atoms with E-state index in [1.807, 2.05) is 0 Å². The van der Waals surface area contributed by atoms with Crippen LogP contribution in [0.5, 0.6) is 0 Å². The van der Waals surface area contributed by atoms with Crippen molar-refractivity contribution in [1.82, 2.24) is 31.5 Å². The normalized spacial score (nSPS) is 12.3. The Bertz CT molecular complexity index is 778. The summed E-state index contributed by atoms with van der Waals surface area (Å²) in [6.07, 6.45) is 4.36. The van der Waals surface area contributed by atoms with E-state index in [0.717, 1.165) is 4.90 Å². The summed E-state index contributed by atoms with van der Waals surface area (Å²) in [6.45, 7) is 1.25. The number of nitrogens with zero attached hydrogens (tertiary/aromatic N) is 1. The zero-order valence-electron chi connectivity index (χ0n) is 18.5. The molecule has 1 heterocycles. The number of imide groups is 1. The third kappa shape index (κ3) is 12.0. The van der Waals surface area contributed by atoms with E-state index in [2.05, 4.69) is 26.6 Å². The highest BCUT2D eigenvalue weighted by molar-refractivity contribution is 6.12. The fraction of sp³-hybridized carbons (Fsp3) is 0.550. The first-order chi connectivity index (χ1) is 15.7. The van der Waals surface area contributed by atoms with Crippen molar-refractivity contribution in [3.63, 3.8) is 0 Å². The number of hydrogen-bond donors (Lipinski definition) is 5. The second-order valence-electron chi connectivity index (χ2n) is 7.03. The molecule has 7 amide bonds. The average Bonchev–Trinajstić information content (AvgIpc) is 3.10. The second-order valence-corrected chi connectivity index (χ2v) is 7.03. The quantitative estimate of drug-likeness (QED) is 0.126. The van der Waals surface area contributed by atoms with Crippen LogP contribution in [-0.4, -0.2) is 85.5 Å². The fourth-order valence-electron chi connectivity index (χ4n) is 2.63. The number of carbonyl (C=O) groups excluding carboxylic acids is 7. The van der Waals surface area contributed by atoms with E-state index in [4.69, 9.17) is 0 Å². The van der Waals surface area contributed by atoms with Crippen molar-refractivity contribution >= 4 is 41.4 Å². The zero-order chi connectivity index (χ0) is 24.6. The van der Waals surface area contributed by atoms with Gasteiger partial charge in [-0.3, -0.25) is 38.5 Å². The monoisotopic (exact) mass is 466 g/mol. The number of amides is 7. The van der Waals surface area contributed by atoms with Gasteiger partial charge in [0.15, 0.2) is 0 Å². The molecule has 0 unspecified atom stereocenters. The van der Waals surface area contributed by atoms with Crippen LogP contribution in [0.3, 0.4) is 0 Å². The predicted molar refractivity (Wildman–Crippen MR) is 115 cm³/mol. The predicted octanol–water partition coefficient (Wildman–Crippen LogP) is -2.93. The molecule has 0 aromatic carbocycles. The third-order valence-corrected chi connectivity index (χ3v) is 4.34. The molecule has 13 nitrogen and oxygen atoms in total. The second kappa shape index (κ2) is 15.1. The summed E-state index contributed by atoms with van der Waals surface area (Å²) in [5, 5.41) is 11.9. The van der Waals surface area contributed by atoms with Crippen LogP contribution in [0.4, 0.5) is 0 Å². The number of unbranched alkanes of at least 4 members (excludes halogenated alkanes) is 2. The topological polar surface area (TPSA) is 183 Å². The van der Waals surface area contributed by atoms with E-state index < -0.39 is 17.7 Å². The molecule has 182 valence electrons. The van der Waals surface area contributed by atoms with Crippen LogP contribution in [0.15, 0.2) is 12.2 Å². The van der Waals surface area contributed by atoms with Crippen molar-refractivity contribution < 1.29 is 33.6 Å². The highest BCUT2D eigenvalue weighted by atomic mass is 16.2. The van der Waals surface area contributed by atoms with Gasteiger partial charge in [0.2, 0.25) is 29.5 Å². The molecule has 0 saturated heterocycles. The van der Waals surface area contributed by atoms with Crippen LogP contribution < -0.4 is 26.6 Å². The lowest BCUT2D eigenvalue weighted by atomic mass is 10.2. The molecular weight excluding hydrogens is 436 g/mol. The van der Waals surface area contributed by atoms with Gasteiger partial charge in [-0.2, -0.15) is 0 Å². The molecule has 5 N–H and O–H groups in total. The van der Waals surface area contributed by atoms with E-state index in [0.29, 0.717) is 32.4 Å². The van der Waals surface area contributed by atoms with Crippen molar-refractivity contribution in [2.24, 2.45) is 0 Å². The Balaban J connectivity index is 2.04. The standard InChI is InChI=1S/C20H30N6O7/c1-2-21-15(28)10-23-17(30)12-25-18(31)13-24-16(29)11-22-14(27)6-4-3-5-9-26-19(32)7-8-20(26)33/h7-8H,2-6,9-13H2,1H3,(H,21,28)(H,22,27)(H,23,30)(H,24,29)(H,25,31). The molecule has 0 atom stereocenters. The van der Waals surface area contributed by atoms with E-state index in [1.54, 1.807) is 6.92 Å². The van der Waals surface area contributed by atoms with Crippen LogP contribution in [0.1, 0.15) is 32.6 Å². The van der Waals surface area contributed by atoms with Crippen molar-refractivity contribution in [1.29, 1.82) is 0 Å². The highest BCUT2D eigenvalue weighted by Crippen LogP contribution is 2.07. The number of rotatable bonds is 15. The molecule has 1 rings (SSSR count). The van der Waals surface area contributed by atoms with Crippen molar-refractivity contribution in [3.05, 3.63) is 12.2 Å². The third-order valence-electron chi connectivity index (χ3n) is 4.34. The molecule has 0 aromatic rings. The lowest BCUT2D eigenvalue weighted by Gasteiger charge is -2.13. The summed E-state index contributed by atoms with van der Waals surface area (Å²) >= 11 is 0. The molecule has 0 fully saturated rings. The summed E-state index contributed by atoms with van der Waals surface area (Å²) in [6, 6.07) is 0. The molecule has 33 heavy (non-hydrogen) atoms. The molecule has 1 aliphatic heterocycles. The Morgan fingerprint density at radius 1 is 0.636 bits per heavy atom. The molecule has 13 heteroatoms. The van der Waals surface area contributed by atoms with Gasteiger partial charge in [0.05, 0.1) is 26.2 Å². The first-order valence-corrected chi connectivity index (χ1v) is 10.6. The fourth-order valence-corrected chi connectivity index (χ4v) is 2.63. The Kier molecular flexibility index (Phi) is 12.5. The number of hydrogen-bond acceptors (Lipinski definition) is 7. The van der Waals surface area contributed by atoms with E-state index in [1.165, 1.54) is 12.2 Å². The van der Waals surface area contributed by atoms with Crippen LogP contribution in [0, 0.1) is 0 Å². The van der Waals surface area contributed by atoms with Gasteiger partial charge in [-0.25, -0.2) is 0 Å². The largest absolute Gasteiger partial charge is 0.355 e. The van der Waals surface area contributed by atoms with E-state index >= 15 is 0 Å². The van der Waals surface area contributed by atoms with Crippen LogP contribution in [0.2, 0.25) is 0 Å². The number of likely N-dealkylation sites (N-methyl/N-ethyl adjacent to an activating group) is 1. The minimum absolute atomic E-state index is 0.180. The Labute approximate surface area is 191 Å². The van der Waals surface area contributed by atoms with Crippen LogP contribution in [-0.2, 0) is 33.6 Å². The van der Waals surface area contributed by atoms with Gasteiger partial charge < -0.3 is 26.6 Å². The molecule has 0 bridgehead atoms. The maximum absolute atomic E-state index is 11.8. The highest BCUT2D eigenvalue weighted by Gasteiger charge is 2.22. The van der Waals surface area contributed by atoms with Crippen LogP contribution in [0.25, 0.3) is 0 Å². The van der Waals surface area contributed by atoms with Gasteiger partial charge in [-0.1, -0.05) is 6.42 Å².